The zero-order chi connectivity index (χ0) is 21.0. The molecule has 1 unspecified atom stereocenters. The van der Waals surface area contributed by atoms with Crippen molar-refractivity contribution in [1.29, 1.82) is 0 Å². The van der Waals surface area contributed by atoms with E-state index < -0.39 is 5.60 Å². The van der Waals surface area contributed by atoms with Crippen molar-refractivity contribution in [1.82, 2.24) is 0 Å². The highest BCUT2D eigenvalue weighted by Gasteiger charge is 2.43. The van der Waals surface area contributed by atoms with Gasteiger partial charge in [0, 0.05) is 0 Å². The van der Waals surface area contributed by atoms with Crippen LogP contribution < -0.4 is 9.47 Å². The third-order valence-corrected chi connectivity index (χ3v) is 6.62. The lowest BCUT2D eigenvalue weighted by Gasteiger charge is -2.43. The van der Waals surface area contributed by atoms with Gasteiger partial charge in [-0.05, 0) is 60.6 Å². The summed E-state index contributed by atoms with van der Waals surface area (Å²) in [5.41, 5.74) is 1.31. The molecule has 28 heavy (non-hydrogen) atoms. The van der Waals surface area contributed by atoms with Crippen LogP contribution in [-0.4, -0.2) is 19.3 Å². The largest absolute Gasteiger partial charge is 0.496 e. The lowest BCUT2D eigenvalue weighted by Crippen LogP contribution is -2.37. The Bertz CT molecular complexity index is 622. The Hall–Kier alpha value is -1.22. The van der Waals surface area contributed by atoms with Crippen molar-refractivity contribution < 1.29 is 14.6 Å². The number of methoxy groups -OCH3 is 2. The molecule has 160 valence electrons. The van der Waals surface area contributed by atoms with Gasteiger partial charge in [-0.1, -0.05) is 60.3 Å². The fraction of sp³-hybridized carbons (Fsp3) is 0.760. The van der Waals surface area contributed by atoms with Crippen molar-refractivity contribution in [3.63, 3.8) is 0 Å². The molecule has 1 fully saturated rings. The summed E-state index contributed by atoms with van der Waals surface area (Å²) in [6.45, 7) is 11.3. The molecule has 0 heterocycles. The summed E-state index contributed by atoms with van der Waals surface area (Å²) >= 11 is 0. The normalized spacial score (nSPS) is 22.1. The Labute approximate surface area is 172 Å². The van der Waals surface area contributed by atoms with Crippen molar-refractivity contribution >= 4 is 0 Å². The van der Waals surface area contributed by atoms with E-state index in [-0.39, 0.29) is 10.8 Å². The number of ether oxygens (including phenoxy) is 2. The lowest BCUT2D eigenvalue weighted by molar-refractivity contribution is -0.0469. The van der Waals surface area contributed by atoms with Crippen LogP contribution in [0.4, 0.5) is 0 Å². The number of unbranched alkanes of at least 4 members (excludes halogenated alkanes) is 3. The molecule has 0 amide bonds. The van der Waals surface area contributed by atoms with Crippen LogP contribution in [0, 0.1) is 5.41 Å². The third-order valence-electron chi connectivity index (χ3n) is 6.62. The Balaban J connectivity index is 2.41. The number of aliphatic hydroxyl groups is 1. The molecule has 0 saturated heterocycles. The standard InChI is InChI=1S/C25H42O3/c1-8-9-10-11-14-24(4,5)19-16-20(27-6)22(21(17-19)28-7)25(26)15-12-13-23(2,3)18-25/h16-17,26H,8-15,18H2,1-7H3. The second kappa shape index (κ2) is 9.07. The predicted octanol–water partition coefficient (Wildman–Crippen LogP) is 6.74. The molecule has 1 N–H and O–H groups in total. The van der Waals surface area contributed by atoms with Gasteiger partial charge in [-0.15, -0.1) is 0 Å². The van der Waals surface area contributed by atoms with Gasteiger partial charge in [0.05, 0.1) is 25.4 Å². The lowest BCUT2D eigenvalue weighted by atomic mass is 9.66. The van der Waals surface area contributed by atoms with E-state index in [1.165, 1.54) is 31.2 Å². The second-order valence-corrected chi connectivity index (χ2v) is 10.2. The number of hydrogen-bond donors (Lipinski definition) is 1. The smallest absolute Gasteiger partial charge is 0.128 e. The first-order valence-electron chi connectivity index (χ1n) is 11.1. The highest BCUT2D eigenvalue weighted by atomic mass is 16.5. The van der Waals surface area contributed by atoms with Crippen LogP contribution in [0.1, 0.15) is 104 Å². The van der Waals surface area contributed by atoms with E-state index in [0.29, 0.717) is 0 Å². The molecule has 0 bridgehead atoms. The van der Waals surface area contributed by atoms with Crippen molar-refractivity contribution in [2.24, 2.45) is 5.41 Å². The van der Waals surface area contributed by atoms with Gasteiger partial charge < -0.3 is 14.6 Å². The summed E-state index contributed by atoms with van der Waals surface area (Å²) < 4.78 is 11.6. The maximum Gasteiger partial charge on any atom is 0.128 e. The summed E-state index contributed by atoms with van der Waals surface area (Å²) in [4.78, 5) is 0. The zero-order valence-corrected chi connectivity index (χ0v) is 19.3. The number of benzene rings is 1. The predicted molar refractivity (Wildman–Crippen MR) is 117 cm³/mol. The van der Waals surface area contributed by atoms with E-state index in [0.717, 1.165) is 49.2 Å². The SMILES string of the molecule is CCCCCCC(C)(C)c1cc(OC)c(C2(O)CCCC(C)(C)C2)c(OC)c1. The van der Waals surface area contributed by atoms with E-state index in [4.69, 9.17) is 9.47 Å². The molecular weight excluding hydrogens is 348 g/mol. The van der Waals surface area contributed by atoms with E-state index in [2.05, 4.69) is 46.8 Å². The van der Waals surface area contributed by atoms with Crippen LogP contribution in [0.25, 0.3) is 0 Å². The summed E-state index contributed by atoms with van der Waals surface area (Å²) in [6.07, 6.45) is 9.83. The minimum absolute atomic E-state index is 0.0429. The van der Waals surface area contributed by atoms with E-state index in [9.17, 15) is 5.11 Å². The Morgan fingerprint density at radius 2 is 1.61 bits per heavy atom. The first-order chi connectivity index (χ1) is 13.1. The van der Waals surface area contributed by atoms with Crippen LogP contribution in [0.3, 0.4) is 0 Å². The minimum atomic E-state index is -0.901. The zero-order valence-electron chi connectivity index (χ0n) is 19.3. The van der Waals surface area contributed by atoms with Gasteiger partial charge in [-0.3, -0.25) is 0 Å². The van der Waals surface area contributed by atoms with E-state index in [1.54, 1.807) is 14.2 Å². The van der Waals surface area contributed by atoms with E-state index >= 15 is 0 Å². The highest BCUT2D eigenvalue weighted by Crippen LogP contribution is 2.52. The van der Waals surface area contributed by atoms with Gasteiger partial charge in [0.25, 0.3) is 0 Å². The maximum absolute atomic E-state index is 11.6. The van der Waals surface area contributed by atoms with Crippen molar-refractivity contribution in [3.05, 3.63) is 23.3 Å². The molecule has 0 aliphatic heterocycles. The molecule has 1 aromatic rings. The molecule has 1 aromatic carbocycles. The molecule has 3 nitrogen and oxygen atoms in total. The maximum atomic E-state index is 11.6. The Morgan fingerprint density at radius 1 is 1.00 bits per heavy atom. The monoisotopic (exact) mass is 390 g/mol. The van der Waals surface area contributed by atoms with Crippen molar-refractivity contribution in [2.75, 3.05) is 14.2 Å². The summed E-state index contributed by atoms with van der Waals surface area (Å²) in [7, 11) is 3.40. The first kappa shape index (κ1) is 23.1. The molecule has 0 spiro atoms. The van der Waals surface area contributed by atoms with Crippen LogP contribution in [-0.2, 0) is 11.0 Å². The second-order valence-electron chi connectivity index (χ2n) is 10.2. The molecule has 2 rings (SSSR count). The van der Waals surface area contributed by atoms with Gasteiger partial charge in [-0.25, -0.2) is 0 Å². The molecule has 0 aromatic heterocycles. The average Bonchev–Trinajstić information content (AvgIpc) is 2.63. The van der Waals surface area contributed by atoms with Gasteiger partial charge in [0.1, 0.15) is 11.5 Å². The van der Waals surface area contributed by atoms with Gasteiger partial charge in [0.15, 0.2) is 0 Å². The Kier molecular flexibility index (Phi) is 7.47. The van der Waals surface area contributed by atoms with Crippen LogP contribution in [0.15, 0.2) is 12.1 Å². The summed E-state index contributed by atoms with van der Waals surface area (Å²) in [5.74, 6) is 1.52. The van der Waals surface area contributed by atoms with Gasteiger partial charge in [0.2, 0.25) is 0 Å². The quantitative estimate of drug-likeness (QED) is 0.475. The summed E-state index contributed by atoms with van der Waals surface area (Å²) in [5, 5.41) is 11.6. The molecule has 1 saturated carbocycles. The molecule has 0 radical (unpaired) electrons. The van der Waals surface area contributed by atoms with Crippen LogP contribution in [0.5, 0.6) is 11.5 Å². The van der Waals surface area contributed by atoms with Crippen molar-refractivity contribution in [2.45, 2.75) is 103 Å². The third kappa shape index (κ3) is 5.23. The fourth-order valence-electron chi connectivity index (χ4n) is 4.94. The molecule has 1 aliphatic rings. The average molecular weight is 391 g/mol. The van der Waals surface area contributed by atoms with E-state index in [1.807, 2.05) is 0 Å². The molecular formula is C25H42O3. The van der Waals surface area contributed by atoms with Gasteiger partial charge in [-0.2, -0.15) is 0 Å². The molecule has 3 heteroatoms. The van der Waals surface area contributed by atoms with Crippen molar-refractivity contribution in [3.8, 4) is 11.5 Å². The fourth-order valence-corrected chi connectivity index (χ4v) is 4.94. The highest BCUT2D eigenvalue weighted by molar-refractivity contribution is 5.53. The number of rotatable bonds is 9. The molecule has 1 atom stereocenters. The summed E-state index contributed by atoms with van der Waals surface area (Å²) in [6, 6.07) is 4.27. The number of hydrogen-bond acceptors (Lipinski definition) is 3. The van der Waals surface area contributed by atoms with Crippen LogP contribution >= 0.6 is 0 Å². The minimum Gasteiger partial charge on any atom is -0.496 e. The molecule has 1 aliphatic carbocycles. The topological polar surface area (TPSA) is 38.7 Å². The first-order valence-corrected chi connectivity index (χ1v) is 11.1. The Morgan fingerprint density at radius 3 is 2.11 bits per heavy atom. The van der Waals surface area contributed by atoms with Gasteiger partial charge >= 0.3 is 0 Å². The van der Waals surface area contributed by atoms with Crippen LogP contribution in [0.2, 0.25) is 0 Å².